The van der Waals surface area contributed by atoms with Crippen LogP contribution < -0.4 is 5.32 Å². The summed E-state index contributed by atoms with van der Waals surface area (Å²) in [6, 6.07) is 0.743. The van der Waals surface area contributed by atoms with Gasteiger partial charge in [0, 0.05) is 32.6 Å². The van der Waals surface area contributed by atoms with Gasteiger partial charge in [-0.3, -0.25) is 14.3 Å². The van der Waals surface area contributed by atoms with Gasteiger partial charge in [0.05, 0.1) is 6.04 Å². The fraction of sp³-hybridized carbons (Fsp3) is 0.688. The van der Waals surface area contributed by atoms with Gasteiger partial charge in [-0.15, -0.1) is 0 Å². The van der Waals surface area contributed by atoms with Gasteiger partial charge in [-0.1, -0.05) is 0 Å². The molecule has 2 heterocycles. The Balaban J connectivity index is 1.75. The molecular weight excluding hydrogens is 337 g/mol. The number of rotatable bonds is 4. The second-order valence-electron chi connectivity index (χ2n) is 6.78. The van der Waals surface area contributed by atoms with Crippen molar-refractivity contribution in [1.29, 1.82) is 0 Å². The Kier molecular flexibility index (Phi) is 4.75. The van der Waals surface area contributed by atoms with E-state index in [0.29, 0.717) is 19.6 Å². The zero-order valence-electron chi connectivity index (χ0n) is 14.0. The monoisotopic (exact) mass is 358 g/mol. The Labute approximate surface area is 143 Å². The van der Waals surface area contributed by atoms with Gasteiger partial charge in [0.25, 0.3) is 5.91 Å². The van der Waals surface area contributed by atoms with Crippen LogP contribution in [0.1, 0.15) is 54.8 Å². The normalized spacial score (nSPS) is 21.3. The predicted molar refractivity (Wildman–Crippen MR) is 82.8 cm³/mol. The van der Waals surface area contributed by atoms with E-state index in [0.717, 1.165) is 31.7 Å². The second kappa shape index (κ2) is 6.68. The van der Waals surface area contributed by atoms with Crippen LogP contribution in [-0.4, -0.2) is 46.1 Å². The van der Waals surface area contributed by atoms with Crippen LogP contribution in [0.4, 0.5) is 13.2 Å². The zero-order chi connectivity index (χ0) is 18.2. The molecule has 1 atom stereocenters. The number of carbonyl (C=O) groups excluding carboxylic acids is 2. The highest BCUT2D eigenvalue weighted by molar-refractivity contribution is 5.93. The quantitative estimate of drug-likeness (QED) is 0.898. The molecule has 138 valence electrons. The first-order chi connectivity index (χ1) is 11.8. The highest BCUT2D eigenvalue weighted by Crippen LogP contribution is 2.38. The molecule has 25 heavy (non-hydrogen) atoms. The van der Waals surface area contributed by atoms with E-state index in [4.69, 9.17) is 0 Å². The molecule has 1 aromatic heterocycles. The van der Waals surface area contributed by atoms with Crippen molar-refractivity contribution < 1.29 is 22.8 Å². The van der Waals surface area contributed by atoms with Gasteiger partial charge in [0.15, 0.2) is 5.69 Å². The van der Waals surface area contributed by atoms with Crippen LogP contribution in [0.2, 0.25) is 0 Å². The average molecular weight is 358 g/mol. The number of hydrogen-bond acceptors (Lipinski definition) is 3. The van der Waals surface area contributed by atoms with Crippen molar-refractivity contribution in [2.45, 2.75) is 44.8 Å². The fourth-order valence-electron chi connectivity index (χ4n) is 3.16. The maximum Gasteiger partial charge on any atom is 0.435 e. The summed E-state index contributed by atoms with van der Waals surface area (Å²) in [6.07, 6.45) is -1.45. The lowest BCUT2D eigenvalue weighted by Gasteiger charge is -2.32. The van der Waals surface area contributed by atoms with Gasteiger partial charge >= 0.3 is 6.18 Å². The standard InChI is InChI=1S/C16H21F3N4O2/c1-10(24)20-8-11-3-2-6-22(9-11)15(25)13-7-14(16(17,18)19)21-23(13)12-4-5-12/h7,11-12H,2-6,8-9H2,1H3,(H,20,24). The molecule has 1 aliphatic carbocycles. The lowest BCUT2D eigenvalue weighted by molar-refractivity contribution is -0.141. The van der Waals surface area contributed by atoms with Crippen molar-refractivity contribution in [2.24, 2.45) is 5.92 Å². The van der Waals surface area contributed by atoms with Crippen molar-refractivity contribution >= 4 is 11.8 Å². The first-order valence-corrected chi connectivity index (χ1v) is 8.46. The molecule has 9 heteroatoms. The Hall–Kier alpha value is -2.06. The summed E-state index contributed by atoms with van der Waals surface area (Å²) in [5, 5.41) is 6.36. The molecule has 6 nitrogen and oxygen atoms in total. The molecular formula is C16H21F3N4O2. The number of nitrogens with one attached hydrogen (secondary N) is 1. The molecule has 1 saturated heterocycles. The molecule has 0 aromatic carbocycles. The number of carbonyl (C=O) groups is 2. The van der Waals surface area contributed by atoms with Crippen molar-refractivity contribution in [1.82, 2.24) is 20.0 Å². The molecule has 2 amide bonds. The van der Waals surface area contributed by atoms with Crippen LogP contribution in [0.5, 0.6) is 0 Å². The van der Waals surface area contributed by atoms with Crippen LogP contribution in [0, 0.1) is 5.92 Å². The summed E-state index contributed by atoms with van der Waals surface area (Å²) in [5.74, 6) is -0.437. The van der Waals surface area contributed by atoms with E-state index in [-0.39, 0.29) is 23.6 Å². The van der Waals surface area contributed by atoms with Crippen LogP contribution in [-0.2, 0) is 11.0 Å². The van der Waals surface area contributed by atoms with Gasteiger partial charge in [-0.05, 0) is 31.6 Å². The summed E-state index contributed by atoms with van der Waals surface area (Å²) in [6.45, 7) is 2.83. The Bertz CT molecular complexity index is 667. The highest BCUT2D eigenvalue weighted by Gasteiger charge is 2.39. The summed E-state index contributed by atoms with van der Waals surface area (Å²) in [7, 11) is 0. The van der Waals surface area contributed by atoms with E-state index in [9.17, 15) is 22.8 Å². The molecule has 1 aromatic rings. The largest absolute Gasteiger partial charge is 0.435 e. The predicted octanol–water partition coefficient (Wildman–Crippen LogP) is 2.23. The number of amides is 2. The van der Waals surface area contributed by atoms with Crippen molar-refractivity contribution in [2.75, 3.05) is 19.6 Å². The average Bonchev–Trinajstić information content (AvgIpc) is 3.29. The van der Waals surface area contributed by atoms with Gasteiger partial charge in [-0.2, -0.15) is 18.3 Å². The molecule has 1 aliphatic heterocycles. The maximum atomic E-state index is 13.0. The third kappa shape index (κ3) is 4.13. The van der Waals surface area contributed by atoms with Crippen molar-refractivity contribution in [3.8, 4) is 0 Å². The number of alkyl halides is 3. The minimum atomic E-state index is -4.56. The lowest BCUT2D eigenvalue weighted by atomic mass is 9.97. The first kappa shape index (κ1) is 17.8. The van der Waals surface area contributed by atoms with Crippen molar-refractivity contribution in [3.05, 3.63) is 17.5 Å². The van der Waals surface area contributed by atoms with Crippen LogP contribution in [0.3, 0.4) is 0 Å². The third-order valence-corrected chi connectivity index (χ3v) is 4.58. The smallest absolute Gasteiger partial charge is 0.356 e. The summed E-state index contributed by atoms with van der Waals surface area (Å²) < 4.78 is 40.1. The van der Waals surface area contributed by atoms with Gasteiger partial charge in [0.1, 0.15) is 5.69 Å². The topological polar surface area (TPSA) is 67.2 Å². The van der Waals surface area contributed by atoms with E-state index in [2.05, 4.69) is 10.4 Å². The van der Waals surface area contributed by atoms with Crippen molar-refractivity contribution in [3.63, 3.8) is 0 Å². The summed E-state index contributed by atoms with van der Waals surface area (Å²) >= 11 is 0. The molecule has 1 N–H and O–H groups in total. The van der Waals surface area contributed by atoms with E-state index in [1.54, 1.807) is 4.90 Å². The molecule has 1 unspecified atom stereocenters. The number of nitrogens with zero attached hydrogens (tertiary/aromatic N) is 3. The van der Waals surface area contributed by atoms with E-state index in [1.165, 1.54) is 11.6 Å². The molecule has 0 spiro atoms. The minimum Gasteiger partial charge on any atom is -0.356 e. The fourth-order valence-corrected chi connectivity index (χ4v) is 3.16. The molecule has 1 saturated carbocycles. The number of piperidine rings is 1. The van der Waals surface area contributed by atoms with E-state index < -0.39 is 17.8 Å². The number of aromatic nitrogens is 2. The van der Waals surface area contributed by atoms with Gasteiger partial charge in [-0.25, -0.2) is 0 Å². The lowest BCUT2D eigenvalue weighted by Crippen LogP contribution is -2.44. The van der Waals surface area contributed by atoms with E-state index in [1.807, 2.05) is 0 Å². The summed E-state index contributed by atoms with van der Waals surface area (Å²) in [5.41, 5.74) is -1.01. The molecule has 0 radical (unpaired) electrons. The maximum absolute atomic E-state index is 13.0. The number of hydrogen-bond donors (Lipinski definition) is 1. The second-order valence-corrected chi connectivity index (χ2v) is 6.78. The number of halogens is 3. The van der Waals surface area contributed by atoms with Gasteiger partial charge < -0.3 is 10.2 Å². The highest BCUT2D eigenvalue weighted by atomic mass is 19.4. The Morgan fingerprint density at radius 1 is 1.32 bits per heavy atom. The van der Waals surface area contributed by atoms with E-state index >= 15 is 0 Å². The first-order valence-electron chi connectivity index (χ1n) is 8.46. The number of likely N-dealkylation sites (tertiary alicyclic amines) is 1. The van der Waals surface area contributed by atoms with Gasteiger partial charge in [0.2, 0.25) is 5.91 Å². The van der Waals surface area contributed by atoms with Crippen LogP contribution in [0.25, 0.3) is 0 Å². The van der Waals surface area contributed by atoms with Crippen LogP contribution in [0.15, 0.2) is 6.07 Å². The zero-order valence-corrected chi connectivity index (χ0v) is 14.0. The SMILES string of the molecule is CC(=O)NCC1CCCN(C(=O)c2cc(C(F)(F)F)nn2C2CC2)C1. The molecule has 3 rings (SSSR count). The molecule has 2 aliphatic rings. The molecule has 2 fully saturated rings. The Morgan fingerprint density at radius 2 is 2.04 bits per heavy atom. The minimum absolute atomic E-state index is 0.00926. The van der Waals surface area contributed by atoms with Crippen LogP contribution >= 0.6 is 0 Å². The molecule has 0 bridgehead atoms. The Morgan fingerprint density at radius 3 is 2.64 bits per heavy atom. The summed E-state index contributed by atoms with van der Waals surface area (Å²) in [4.78, 5) is 25.4. The third-order valence-electron chi connectivity index (χ3n) is 4.58.